The van der Waals surface area contributed by atoms with Crippen LogP contribution in [-0.4, -0.2) is 57.7 Å². The van der Waals surface area contributed by atoms with E-state index in [2.05, 4.69) is 17.6 Å². The largest absolute Gasteiger partial charge is 0.492 e. The monoisotopic (exact) mass is 426 g/mol. The number of para-hydroxylation sites is 3. The molecule has 0 aromatic heterocycles. The topological polar surface area (TPSA) is 76.3 Å². The molecule has 1 aliphatic heterocycles. The molecule has 166 valence electrons. The van der Waals surface area contributed by atoms with Crippen LogP contribution >= 0.6 is 0 Å². The lowest BCUT2D eigenvalue weighted by Crippen LogP contribution is -3.28. The third-order valence-electron chi connectivity index (χ3n) is 5.62. The molecule has 2 amide bonds. The van der Waals surface area contributed by atoms with E-state index in [1.807, 2.05) is 55.5 Å². The first-order valence-corrected chi connectivity index (χ1v) is 11.2. The average molecular weight is 427 g/mol. The number of piperazine rings is 1. The van der Waals surface area contributed by atoms with E-state index in [1.54, 1.807) is 0 Å². The van der Waals surface area contributed by atoms with Gasteiger partial charge < -0.3 is 25.2 Å². The molecule has 4 N–H and O–H groups in total. The van der Waals surface area contributed by atoms with Crippen molar-refractivity contribution >= 4 is 23.2 Å². The summed E-state index contributed by atoms with van der Waals surface area (Å²) < 4.78 is 5.57. The van der Waals surface area contributed by atoms with Crippen LogP contribution in [0.4, 0.5) is 11.4 Å². The van der Waals surface area contributed by atoms with Gasteiger partial charge in [-0.1, -0.05) is 37.3 Å². The second-order valence-corrected chi connectivity index (χ2v) is 7.89. The molecular weight excluding hydrogens is 392 g/mol. The molecule has 0 unspecified atom stereocenters. The van der Waals surface area contributed by atoms with E-state index in [9.17, 15) is 9.59 Å². The number of quaternary nitrogens is 2. The van der Waals surface area contributed by atoms with E-state index < -0.39 is 0 Å². The van der Waals surface area contributed by atoms with Crippen molar-refractivity contribution in [3.05, 3.63) is 54.1 Å². The molecule has 3 rings (SSSR count). The SMILES string of the molecule is CCOc1ccccc1NC(=O)C[NH+]1CC[NH+](CC(=O)Nc2ccccc2CC)CC1. The Morgan fingerprint density at radius 2 is 1.32 bits per heavy atom. The molecule has 0 saturated carbocycles. The van der Waals surface area contributed by atoms with Gasteiger partial charge in [-0.15, -0.1) is 0 Å². The van der Waals surface area contributed by atoms with Crippen LogP contribution in [0, 0.1) is 0 Å². The normalized spacial score (nSPS) is 18.3. The highest BCUT2D eigenvalue weighted by atomic mass is 16.5. The smallest absolute Gasteiger partial charge is 0.279 e. The molecule has 7 nitrogen and oxygen atoms in total. The fourth-order valence-corrected chi connectivity index (χ4v) is 3.96. The fourth-order valence-electron chi connectivity index (χ4n) is 3.96. The van der Waals surface area contributed by atoms with Crippen LogP contribution in [-0.2, 0) is 16.0 Å². The van der Waals surface area contributed by atoms with E-state index in [1.165, 1.54) is 9.80 Å². The number of ether oxygens (including phenoxy) is 1. The predicted octanol–water partition coefficient (Wildman–Crippen LogP) is 0.00830. The van der Waals surface area contributed by atoms with E-state index in [0.717, 1.165) is 43.9 Å². The summed E-state index contributed by atoms with van der Waals surface area (Å²) >= 11 is 0. The third-order valence-corrected chi connectivity index (χ3v) is 5.62. The quantitative estimate of drug-likeness (QED) is 0.456. The Morgan fingerprint density at radius 1 is 0.806 bits per heavy atom. The van der Waals surface area contributed by atoms with Gasteiger partial charge >= 0.3 is 0 Å². The molecule has 1 fully saturated rings. The van der Waals surface area contributed by atoms with Crippen molar-refractivity contribution in [2.75, 3.05) is 56.5 Å². The lowest BCUT2D eigenvalue weighted by atomic mass is 10.1. The van der Waals surface area contributed by atoms with Gasteiger partial charge in [0.05, 0.1) is 12.3 Å². The lowest BCUT2D eigenvalue weighted by Gasteiger charge is -2.29. The molecule has 0 bridgehead atoms. The molecule has 2 aromatic carbocycles. The number of anilines is 2. The van der Waals surface area contributed by atoms with Crippen molar-refractivity contribution in [2.24, 2.45) is 0 Å². The van der Waals surface area contributed by atoms with Crippen LogP contribution < -0.4 is 25.2 Å². The summed E-state index contributed by atoms with van der Waals surface area (Å²) in [7, 11) is 0. The van der Waals surface area contributed by atoms with Crippen LogP contribution in [0.3, 0.4) is 0 Å². The first-order chi connectivity index (χ1) is 15.1. The van der Waals surface area contributed by atoms with Gasteiger partial charge in [-0.3, -0.25) is 9.59 Å². The highest BCUT2D eigenvalue weighted by Gasteiger charge is 2.26. The Hall–Kier alpha value is -2.90. The number of hydrogen-bond donors (Lipinski definition) is 4. The maximum absolute atomic E-state index is 12.5. The van der Waals surface area contributed by atoms with Gasteiger partial charge in [0.25, 0.3) is 11.8 Å². The van der Waals surface area contributed by atoms with Gasteiger partial charge in [0.1, 0.15) is 31.9 Å². The molecule has 31 heavy (non-hydrogen) atoms. The van der Waals surface area contributed by atoms with Gasteiger partial charge in [-0.25, -0.2) is 0 Å². The number of carbonyl (C=O) groups excluding carboxylic acids is 2. The van der Waals surface area contributed by atoms with E-state index in [0.29, 0.717) is 31.1 Å². The summed E-state index contributed by atoms with van der Waals surface area (Å²) in [5.74, 6) is 0.724. The van der Waals surface area contributed by atoms with E-state index in [4.69, 9.17) is 4.74 Å². The lowest BCUT2D eigenvalue weighted by molar-refractivity contribution is -1.00. The number of benzene rings is 2. The number of nitrogens with one attached hydrogen (secondary N) is 4. The number of carbonyl (C=O) groups is 2. The van der Waals surface area contributed by atoms with E-state index >= 15 is 0 Å². The number of aryl methyl sites for hydroxylation is 1. The zero-order valence-electron chi connectivity index (χ0n) is 18.5. The Bertz CT molecular complexity index is 879. The Morgan fingerprint density at radius 3 is 1.90 bits per heavy atom. The van der Waals surface area contributed by atoms with Gasteiger partial charge in [-0.2, -0.15) is 0 Å². The van der Waals surface area contributed by atoms with Gasteiger partial charge in [-0.05, 0) is 37.1 Å². The maximum atomic E-state index is 12.5. The minimum atomic E-state index is -0.0143. The fraction of sp³-hybridized carbons (Fsp3) is 0.417. The Labute approximate surface area is 184 Å². The van der Waals surface area contributed by atoms with Crippen LogP contribution in [0.15, 0.2) is 48.5 Å². The van der Waals surface area contributed by atoms with Crippen LogP contribution in [0.5, 0.6) is 5.75 Å². The summed E-state index contributed by atoms with van der Waals surface area (Å²) in [5, 5.41) is 6.02. The summed E-state index contributed by atoms with van der Waals surface area (Å²) in [6.45, 7) is 8.94. The molecule has 0 radical (unpaired) electrons. The molecule has 0 atom stereocenters. The average Bonchev–Trinajstić information content (AvgIpc) is 2.77. The van der Waals surface area contributed by atoms with Gasteiger partial charge in [0.2, 0.25) is 0 Å². The molecule has 1 saturated heterocycles. The molecule has 0 aliphatic carbocycles. The Balaban J connectivity index is 1.42. The highest BCUT2D eigenvalue weighted by molar-refractivity contribution is 5.93. The van der Waals surface area contributed by atoms with Crippen molar-refractivity contribution in [3.8, 4) is 5.75 Å². The van der Waals surface area contributed by atoms with Crippen molar-refractivity contribution in [3.63, 3.8) is 0 Å². The second kappa shape index (κ2) is 11.5. The molecular formula is C24H34N4O3+2. The standard InChI is InChI=1S/C24H32N4O3/c1-3-19-9-5-6-10-20(19)25-23(29)17-27-13-15-28(16-14-27)18-24(30)26-21-11-7-8-12-22(21)31-4-2/h5-12H,3-4,13-18H2,1-2H3,(H,25,29)(H,26,30)/p+2. The summed E-state index contributed by atoms with van der Waals surface area (Å²) in [6.07, 6.45) is 0.891. The molecule has 1 heterocycles. The molecule has 7 heteroatoms. The second-order valence-electron chi connectivity index (χ2n) is 7.89. The minimum Gasteiger partial charge on any atom is -0.492 e. The Kier molecular flexibility index (Phi) is 8.44. The number of hydrogen-bond acceptors (Lipinski definition) is 3. The van der Waals surface area contributed by atoms with Gasteiger partial charge in [0, 0.05) is 5.69 Å². The summed E-state index contributed by atoms with van der Waals surface area (Å²) in [5.41, 5.74) is 2.77. The summed E-state index contributed by atoms with van der Waals surface area (Å²) in [6, 6.07) is 15.4. The minimum absolute atomic E-state index is 0.0143. The first kappa shape index (κ1) is 22.8. The molecule has 0 spiro atoms. The molecule has 2 aromatic rings. The van der Waals surface area contributed by atoms with Crippen molar-refractivity contribution in [1.29, 1.82) is 0 Å². The predicted molar refractivity (Wildman–Crippen MR) is 122 cm³/mol. The van der Waals surface area contributed by atoms with Crippen LogP contribution in [0.25, 0.3) is 0 Å². The first-order valence-electron chi connectivity index (χ1n) is 11.2. The molecule has 1 aliphatic rings. The number of amides is 2. The van der Waals surface area contributed by atoms with Crippen LogP contribution in [0.1, 0.15) is 19.4 Å². The van der Waals surface area contributed by atoms with E-state index in [-0.39, 0.29) is 11.8 Å². The summed E-state index contributed by atoms with van der Waals surface area (Å²) in [4.78, 5) is 27.5. The van der Waals surface area contributed by atoms with Crippen molar-refractivity contribution in [2.45, 2.75) is 20.3 Å². The number of rotatable bonds is 9. The maximum Gasteiger partial charge on any atom is 0.279 e. The zero-order valence-corrected chi connectivity index (χ0v) is 18.5. The zero-order chi connectivity index (χ0) is 22.1. The highest BCUT2D eigenvalue weighted by Crippen LogP contribution is 2.23. The van der Waals surface area contributed by atoms with Gasteiger partial charge in [0.15, 0.2) is 13.1 Å². The van der Waals surface area contributed by atoms with Crippen molar-refractivity contribution in [1.82, 2.24) is 0 Å². The van der Waals surface area contributed by atoms with Crippen molar-refractivity contribution < 1.29 is 24.1 Å². The van der Waals surface area contributed by atoms with Crippen LogP contribution in [0.2, 0.25) is 0 Å². The third kappa shape index (κ3) is 6.80.